The van der Waals surface area contributed by atoms with Gasteiger partial charge in [-0.25, -0.2) is 4.85 Å². The van der Waals surface area contributed by atoms with Gasteiger partial charge in [0.2, 0.25) is 5.69 Å². The minimum atomic E-state index is 0.698. The predicted molar refractivity (Wildman–Crippen MR) is 229 cm³/mol. The molecule has 0 aliphatic rings. The van der Waals surface area contributed by atoms with Gasteiger partial charge in [-0.1, -0.05) is 115 Å². The third-order valence-electron chi connectivity index (χ3n) is 10.6. The average molecular weight is 709 g/mol. The first-order valence-electron chi connectivity index (χ1n) is 17.7. The third kappa shape index (κ3) is 4.69. The second-order valence-electron chi connectivity index (χ2n) is 13.6. The van der Waals surface area contributed by atoms with Crippen molar-refractivity contribution >= 4 is 90.5 Å². The number of fused-ring (bicyclic) bond motifs is 9. The number of aromatic nitrogens is 1. The Hall–Kier alpha value is -6.51. The van der Waals surface area contributed by atoms with Crippen LogP contribution in [0.25, 0.3) is 106 Å². The summed E-state index contributed by atoms with van der Waals surface area (Å²) in [5.41, 5.74) is 11.2. The zero-order valence-electron chi connectivity index (χ0n) is 28.4. The van der Waals surface area contributed by atoms with Gasteiger partial charge in [0.25, 0.3) is 0 Å². The summed E-state index contributed by atoms with van der Waals surface area (Å²) in [5.74, 6) is 0. The van der Waals surface area contributed by atoms with E-state index in [-0.39, 0.29) is 0 Å². The molecule has 0 radical (unpaired) electrons. The van der Waals surface area contributed by atoms with E-state index in [0.717, 1.165) is 37.9 Å². The summed E-state index contributed by atoms with van der Waals surface area (Å²) in [6, 6.07) is 61.3. The van der Waals surface area contributed by atoms with Crippen LogP contribution in [-0.2, 0) is 0 Å². The van der Waals surface area contributed by atoms with Crippen molar-refractivity contribution in [2.45, 2.75) is 0 Å². The lowest BCUT2D eigenvalue weighted by atomic mass is 10.0. The van der Waals surface area contributed by atoms with Gasteiger partial charge in [0.05, 0.1) is 28.0 Å². The molecule has 246 valence electrons. The molecule has 0 amide bonds. The fraction of sp³-hybridized carbons (Fsp3) is 0. The van der Waals surface area contributed by atoms with Crippen LogP contribution in [0, 0.1) is 6.57 Å². The fourth-order valence-corrected chi connectivity index (χ4v) is 10.5. The van der Waals surface area contributed by atoms with Gasteiger partial charge in [0.15, 0.2) is 0 Å². The molecule has 0 aliphatic carbocycles. The Morgan fingerprint density at radius 3 is 1.66 bits per heavy atom. The molecule has 0 fully saturated rings. The van der Waals surface area contributed by atoms with Crippen molar-refractivity contribution in [1.82, 2.24) is 4.57 Å². The largest absolute Gasteiger partial charge is 0.308 e. The van der Waals surface area contributed by atoms with E-state index in [1.165, 1.54) is 63.3 Å². The van der Waals surface area contributed by atoms with E-state index in [1.54, 1.807) is 11.3 Å². The van der Waals surface area contributed by atoms with E-state index in [1.807, 2.05) is 11.3 Å². The highest BCUT2D eigenvalue weighted by molar-refractivity contribution is 7.27. The topological polar surface area (TPSA) is 9.29 Å². The third-order valence-corrected chi connectivity index (χ3v) is 13.0. The van der Waals surface area contributed by atoms with Crippen LogP contribution in [0.3, 0.4) is 0 Å². The molecule has 0 spiro atoms. The van der Waals surface area contributed by atoms with Crippen molar-refractivity contribution in [2.75, 3.05) is 0 Å². The number of rotatable bonds is 4. The van der Waals surface area contributed by atoms with Gasteiger partial charge in [-0.05, 0) is 93.4 Å². The lowest BCUT2D eigenvalue weighted by Gasteiger charge is -2.10. The van der Waals surface area contributed by atoms with Crippen molar-refractivity contribution < 1.29 is 0 Å². The zero-order chi connectivity index (χ0) is 35.0. The highest BCUT2D eigenvalue weighted by Gasteiger charge is 2.20. The summed E-state index contributed by atoms with van der Waals surface area (Å²) in [6.07, 6.45) is 0. The molecule has 0 saturated carbocycles. The van der Waals surface area contributed by atoms with Crippen molar-refractivity contribution in [3.8, 4) is 39.1 Å². The van der Waals surface area contributed by atoms with Crippen LogP contribution in [0.5, 0.6) is 0 Å². The molecule has 0 saturated heterocycles. The smallest absolute Gasteiger partial charge is 0.205 e. The first-order chi connectivity index (χ1) is 26.2. The van der Waals surface area contributed by atoms with Crippen molar-refractivity contribution in [1.29, 1.82) is 0 Å². The maximum atomic E-state index is 8.28. The van der Waals surface area contributed by atoms with E-state index in [4.69, 9.17) is 6.57 Å². The standard InChI is InChI=1S/C49H28N2S2/c1-50-42-28-35(34-19-22-37-36-15-8-9-18-46(36)52-47(37)29-34)27-41-38-16-10-17-45(49(38)53-48(41)42)51-43-23-20-32(30-11-4-2-5-12-30)25-39(43)40-26-33(21-24-44(40)51)31-13-6-3-7-14-31/h2-29H. The van der Waals surface area contributed by atoms with E-state index in [9.17, 15) is 0 Å². The number of hydrogen-bond donors (Lipinski definition) is 0. The summed E-state index contributed by atoms with van der Waals surface area (Å²) in [7, 11) is 0. The molecule has 8 aromatic carbocycles. The predicted octanol–water partition coefficient (Wildman–Crippen LogP) is 15.1. The highest BCUT2D eigenvalue weighted by atomic mass is 32.1. The van der Waals surface area contributed by atoms with Crippen molar-refractivity contribution in [3.05, 3.63) is 181 Å². The zero-order valence-corrected chi connectivity index (χ0v) is 30.0. The van der Waals surface area contributed by atoms with Crippen LogP contribution >= 0.6 is 22.7 Å². The van der Waals surface area contributed by atoms with E-state index >= 15 is 0 Å². The molecule has 2 nitrogen and oxygen atoms in total. The minimum absolute atomic E-state index is 0.698. The summed E-state index contributed by atoms with van der Waals surface area (Å²) >= 11 is 3.56. The Morgan fingerprint density at radius 2 is 0.962 bits per heavy atom. The van der Waals surface area contributed by atoms with E-state index < -0.39 is 0 Å². The first-order valence-corrected chi connectivity index (χ1v) is 19.3. The van der Waals surface area contributed by atoms with Crippen LogP contribution in [0.2, 0.25) is 0 Å². The molecule has 0 unspecified atom stereocenters. The quantitative estimate of drug-likeness (QED) is 0.161. The van der Waals surface area contributed by atoms with Crippen molar-refractivity contribution in [3.63, 3.8) is 0 Å². The van der Waals surface area contributed by atoms with Crippen molar-refractivity contribution in [2.24, 2.45) is 0 Å². The lowest BCUT2D eigenvalue weighted by Crippen LogP contribution is -1.94. The molecule has 0 bridgehead atoms. The second kappa shape index (κ2) is 11.8. The lowest BCUT2D eigenvalue weighted by molar-refractivity contribution is 1.20. The maximum absolute atomic E-state index is 8.28. The number of thiophene rings is 2. The molecule has 11 aromatic rings. The van der Waals surface area contributed by atoms with Gasteiger partial charge < -0.3 is 4.57 Å². The molecular formula is C49H28N2S2. The van der Waals surface area contributed by atoms with Crippen LogP contribution in [0.4, 0.5) is 5.69 Å². The van der Waals surface area contributed by atoms with Gasteiger partial charge in [-0.3, -0.25) is 0 Å². The monoisotopic (exact) mass is 708 g/mol. The SMILES string of the molecule is [C-]#[N+]c1cc(-c2ccc3c(c2)sc2ccccc23)cc2c1sc1c(-n3c4ccc(-c5ccccc5)cc4c4cc(-c5ccccc5)ccc43)cccc12. The molecule has 3 aromatic heterocycles. The maximum Gasteiger partial charge on any atom is 0.205 e. The van der Waals surface area contributed by atoms with Gasteiger partial charge in [-0.15, -0.1) is 22.7 Å². The molecule has 0 aliphatic heterocycles. The van der Waals surface area contributed by atoms with Gasteiger partial charge >= 0.3 is 0 Å². The molecular weight excluding hydrogens is 681 g/mol. The molecule has 53 heavy (non-hydrogen) atoms. The molecule has 4 heteroatoms. The van der Waals surface area contributed by atoms with Crippen LogP contribution in [0.15, 0.2) is 170 Å². The Bertz CT molecular complexity index is 3190. The van der Waals surface area contributed by atoms with Gasteiger partial charge in [0, 0.05) is 41.0 Å². The van der Waals surface area contributed by atoms with Crippen LogP contribution < -0.4 is 0 Å². The summed E-state index contributed by atoms with van der Waals surface area (Å²) in [5, 5.41) is 7.32. The number of nitrogens with zero attached hydrogens (tertiary/aromatic N) is 2. The van der Waals surface area contributed by atoms with Crippen LogP contribution in [-0.4, -0.2) is 4.57 Å². The van der Waals surface area contributed by atoms with Crippen LogP contribution in [0.1, 0.15) is 0 Å². The Balaban J connectivity index is 1.14. The fourth-order valence-electron chi connectivity index (χ4n) is 8.10. The molecule has 0 atom stereocenters. The number of benzene rings is 8. The Morgan fingerprint density at radius 1 is 0.377 bits per heavy atom. The molecule has 11 rings (SSSR count). The Labute approximate surface area is 313 Å². The summed E-state index contributed by atoms with van der Waals surface area (Å²) in [4.78, 5) is 4.10. The first kappa shape index (κ1) is 30.1. The average Bonchev–Trinajstić information content (AvgIpc) is 3.90. The molecule has 3 heterocycles. The van der Waals surface area contributed by atoms with E-state index in [0.29, 0.717) is 5.69 Å². The normalized spacial score (nSPS) is 11.8. The summed E-state index contributed by atoms with van der Waals surface area (Å²) in [6.45, 7) is 8.28. The second-order valence-corrected chi connectivity index (χ2v) is 15.7. The molecule has 0 N–H and O–H groups in total. The number of hydrogen-bond acceptors (Lipinski definition) is 2. The highest BCUT2D eigenvalue weighted by Crippen LogP contribution is 2.47. The van der Waals surface area contributed by atoms with E-state index in [2.05, 4.69) is 179 Å². The summed E-state index contributed by atoms with van der Waals surface area (Å²) < 4.78 is 7.21. The minimum Gasteiger partial charge on any atom is -0.308 e. The van der Waals surface area contributed by atoms with Gasteiger partial charge in [-0.2, -0.15) is 0 Å². The Kier molecular flexibility index (Phi) is 6.69. The van der Waals surface area contributed by atoms with Gasteiger partial charge in [0.1, 0.15) is 0 Å².